The van der Waals surface area contributed by atoms with Crippen molar-refractivity contribution in [1.82, 2.24) is 20.4 Å². The molecule has 2 rings (SSSR count). The van der Waals surface area contributed by atoms with Crippen LogP contribution in [0, 0.1) is 0 Å². The van der Waals surface area contributed by atoms with Crippen molar-refractivity contribution in [3.8, 4) is 0 Å². The minimum absolute atomic E-state index is 0. The van der Waals surface area contributed by atoms with Gasteiger partial charge >= 0.3 is 0 Å². The van der Waals surface area contributed by atoms with Crippen LogP contribution in [-0.2, 0) is 6.42 Å². The zero-order valence-electron chi connectivity index (χ0n) is 19.8. The molecule has 1 aromatic carbocycles. The minimum Gasteiger partial charge on any atom is -0.357 e. The predicted octanol–water partition coefficient (Wildman–Crippen LogP) is 3.76. The summed E-state index contributed by atoms with van der Waals surface area (Å²) >= 11 is 0. The largest absolute Gasteiger partial charge is 0.357 e. The summed E-state index contributed by atoms with van der Waals surface area (Å²) in [6, 6.07) is 8.64. The summed E-state index contributed by atoms with van der Waals surface area (Å²) in [6.07, 6.45) is 8.81. The smallest absolute Gasteiger partial charge is 0.253 e. The number of carbonyl (C=O) groups excluding carboxylic acids is 1. The number of rotatable bonds is 10. The molecule has 0 spiro atoms. The van der Waals surface area contributed by atoms with Crippen LogP contribution >= 0.6 is 24.0 Å². The molecule has 0 aliphatic heterocycles. The molecule has 0 atom stereocenters. The van der Waals surface area contributed by atoms with E-state index in [1.807, 2.05) is 18.2 Å². The fourth-order valence-corrected chi connectivity index (χ4v) is 4.00. The van der Waals surface area contributed by atoms with E-state index in [0.29, 0.717) is 0 Å². The number of hydrogen-bond donors (Lipinski definition) is 2. The average Bonchev–Trinajstić information content (AvgIpc) is 2.76. The highest BCUT2D eigenvalue weighted by Crippen LogP contribution is 2.21. The summed E-state index contributed by atoms with van der Waals surface area (Å²) in [4.78, 5) is 21.0. The summed E-state index contributed by atoms with van der Waals surface area (Å²) in [5.74, 6) is 0.913. The van der Waals surface area contributed by atoms with Crippen LogP contribution in [-0.4, -0.2) is 75.0 Å². The number of amides is 1. The molecule has 2 N–H and O–H groups in total. The second-order valence-electron chi connectivity index (χ2n) is 8.46. The Kier molecular flexibility index (Phi) is 13.8. The van der Waals surface area contributed by atoms with Crippen LogP contribution in [0.2, 0.25) is 0 Å². The second-order valence-corrected chi connectivity index (χ2v) is 8.46. The lowest BCUT2D eigenvalue weighted by Crippen LogP contribution is -2.38. The van der Waals surface area contributed by atoms with Crippen LogP contribution in [0.4, 0.5) is 0 Å². The molecule has 0 radical (unpaired) electrons. The molecule has 1 fully saturated rings. The van der Waals surface area contributed by atoms with Crippen molar-refractivity contribution >= 4 is 35.8 Å². The summed E-state index contributed by atoms with van der Waals surface area (Å²) in [5, 5.41) is 6.75. The Morgan fingerprint density at radius 1 is 1.13 bits per heavy atom. The molecule has 1 aliphatic rings. The van der Waals surface area contributed by atoms with Crippen LogP contribution in [0.15, 0.2) is 29.3 Å². The quantitative estimate of drug-likeness (QED) is 0.204. The number of carbonyl (C=O) groups is 1. The van der Waals surface area contributed by atoms with E-state index in [1.54, 1.807) is 19.0 Å². The molecule has 1 aliphatic carbocycles. The van der Waals surface area contributed by atoms with Crippen molar-refractivity contribution in [2.75, 3.05) is 47.3 Å². The first-order chi connectivity index (χ1) is 14.5. The maximum Gasteiger partial charge on any atom is 0.253 e. The van der Waals surface area contributed by atoms with Gasteiger partial charge in [0, 0.05) is 45.3 Å². The maximum absolute atomic E-state index is 12.1. The van der Waals surface area contributed by atoms with E-state index in [4.69, 9.17) is 4.99 Å². The molecule has 1 amide bonds. The number of guanidine groups is 1. The number of nitrogens with one attached hydrogen (secondary N) is 2. The van der Waals surface area contributed by atoms with Gasteiger partial charge in [0.25, 0.3) is 5.91 Å². The standard InChI is InChI=1S/C24H41N5O.HI/c1-5-25-24(26-16-10-18-29(4)22-13-7-6-8-14-22)27-17-15-20-11-9-12-21(19-20)23(30)28(2)3;/h9,11-12,19,22H,5-8,10,13-18H2,1-4H3,(H2,25,26,27);1H. The maximum atomic E-state index is 12.1. The molecule has 176 valence electrons. The van der Waals surface area contributed by atoms with Gasteiger partial charge in [-0.3, -0.25) is 9.79 Å². The summed E-state index contributed by atoms with van der Waals surface area (Å²) in [6.45, 7) is 5.66. The first-order valence-electron chi connectivity index (χ1n) is 11.5. The van der Waals surface area contributed by atoms with E-state index in [-0.39, 0.29) is 29.9 Å². The monoisotopic (exact) mass is 543 g/mol. The number of nitrogens with zero attached hydrogens (tertiary/aromatic N) is 3. The highest BCUT2D eigenvalue weighted by Gasteiger charge is 2.17. The van der Waals surface area contributed by atoms with Crippen molar-refractivity contribution in [3.63, 3.8) is 0 Å². The first-order valence-corrected chi connectivity index (χ1v) is 11.5. The van der Waals surface area contributed by atoms with E-state index in [9.17, 15) is 4.79 Å². The molecule has 6 nitrogen and oxygen atoms in total. The normalized spacial score (nSPS) is 14.8. The van der Waals surface area contributed by atoms with E-state index in [1.165, 1.54) is 32.1 Å². The average molecular weight is 544 g/mol. The first kappa shape index (κ1) is 27.7. The second kappa shape index (κ2) is 15.5. The molecular formula is C24H42IN5O. The van der Waals surface area contributed by atoms with Crippen LogP contribution < -0.4 is 10.6 Å². The molecule has 31 heavy (non-hydrogen) atoms. The highest BCUT2D eigenvalue weighted by molar-refractivity contribution is 14.0. The van der Waals surface area contributed by atoms with Gasteiger partial charge in [-0.15, -0.1) is 24.0 Å². The Morgan fingerprint density at radius 3 is 2.55 bits per heavy atom. The zero-order chi connectivity index (χ0) is 21.8. The fraction of sp³-hybridized carbons (Fsp3) is 0.667. The van der Waals surface area contributed by atoms with Crippen molar-refractivity contribution < 1.29 is 4.79 Å². The van der Waals surface area contributed by atoms with Gasteiger partial charge in [0.15, 0.2) is 5.96 Å². The molecule has 7 heteroatoms. The van der Waals surface area contributed by atoms with E-state index < -0.39 is 0 Å². The van der Waals surface area contributed by atoms with Crippen LogP contribution in [0.1, 0.15) is 61.4 Å². The third-order valence-electron chi connectivity index (χ3n) is 5.77. The van der Waals surface area contributed by atoms with Gasteiger partial charge in [0.1, 0.15) is 0 Å². The topological polar surface area (TPSA) is 60.0 Å². The molecule has 0 unspecified atom stereocenters. The van der Waals surface area contributed by atoms with Crippen LogP contribution in [0.25, 0.3) is 0 Å². The van der Waals surface area contributed by atoms with Crippen molar-refractivity contribution in [3.05, 3.63) is 35.4 Å². The van der Waals surface area contributed by atoms with E-state index >= 15 is 0 Å². The summed E-state index contributed by atoms with van der Waals surface area (Å²) < 4.78 is 0. The Morgan fingerprint density at radius 2 is 1.87 bits per heavy atom. The van der Waals surface area contributed by atoms with Gasteiger partial charge in [-0.25, -0.2) is 0 Å². The number of aliphatic imine (C=N–C) groups is 1. The highest BCUT2D eigenvalue weighted by atomic mass is 127. The Bertz CT molecular complexity index is 674. The third kappa shape index (κ3) is 10.2. The Labute approximate surface area is 206 Å². The van der Waals surface area contributed by atoms with Crippen molar-refractivity contribution in [2.24, 2.45) is 4.99 Å². The Balaban J connectivity index is 0.00000480. The van der Waals surface area contributed by atoms with Gasteiger partial charge in [-0.05, 0) is 63.9 Å². The van der Waals surface area contributed by atoms with Crippen molar-refractivity contribution in [2.45, 2.75) is 57.9 Å². The summed E-state index contributed by atoms with van der Waals surface area (Å²) in [5.41, 5.74) is 1.89. The molecule has 1 aromatic rings. The SMILES string of the molecule is CCNC(=NCCCN(C)C1CCCCC1)NCCc1cccc(C(=O)N(C)C)c1.I. The lowest BCUT2D eigenvalue weighted by molar-refractivity contribution is 0.0827. The molecule has 0 saturated heterocycles. The van der Waals surface area contributed by atoms with Gasteiger partial charge in [-0.2, -0.15) is 0 Å². The number of benzene rings is 1. The fourth-order valence-electron chi connectivity index (χ4n) is 4.00. The van der Waals surface area contributed by atoms with Crippen molar-refractivity contribution in [1.29, 1.82) is 0 Å². The molecule has 1 saturated carbocycles. The molecular weight excluding hydrogens is 501 g/mol. The van der Waals surface area contributed by atoms with Gasteiger partial charge in [-0.1, -0.05) is 31.4 Å². The molecule has 0 bridgehead atoms. The number of halogens is 1. The lowest BCUT2D eigenvalue weighted by Gasteiger charge is -2.31. The van der Waals surface area contributed by atoms with Gasteiger partial charge in [0.2, 0.25) is 0 Å². The van der Waals surface area contributed by atoms with E-state index in [2.05, 4.69) is 35.6 Å². The summed E-state index contributed by atoms with van der Waals surface area (Å²) in [7, 11) is 5.82. The van der Waals surface area contributed by atoms with E-state index in [0.717, 1.165) is 62.1 Å². The molecule has 0 heterocycles. The minimum atomic E-state index is 0. The van der Waals surface area contributed by atoms with Gasteiger partial charge in [0.05, 0.1) is 0 Å². The Hall–Kier alpha value is -1.35. The predicted molar refractivity (Wildman–Crippen MR) is 142 cm³/mol. The zero-order valence-corrected chi connectivity index (χ0v) is 22.2. The van der Waals surface area contributed by atoms with Crippen LogP contribution in [0.3, 0.4) is 0 Å². The molecule has 0 aromatic heterocycles. The number of hydrogen-bond acceptors (Lipinski definition) is 3. The lowest BCUT2D eigenvalue weighted by atomic mass is 9.94. The van der Waals surface area contributed by atoms with Crippen LogP contribution in [0.5, 0.6) is 0 Å². The third-order valence-corrected chi connectivity index (χ3v) is 5.77. The van der Waals surface area contributed by atoms with Gasteiger partial charge < -0.3 is 20.4 Å².